The minimum atomic E-state index is 0.0821. The number of aromatic amines is 1. The molecule has 29 heavy (non-hydrogen) atoms. The van der Waals surface area contributed by atoms with E-state index >= 15 is 0 Å². The number of H-pyrrole nitrogens is 1. The molecule has 4 rings (SSSR count). The van der Waals surface area contributed by atoms with Gasteiger partial charge in [-0.25, -0.2) is 4.98 Å². The van der Waals surface area contributed by atoms with E-state index in [0.717, 1.165) is 48.5 Å². The summed E-state index contributed by atoms with van der Waals surface area (Å²) in [6.07, 6.45) is 1.85. The van der Waals surface area contributed by atoms with Crippen LogP contribution in [-0.2, 0) is 0 Å². The molecular formula is C24H29N3O2. The summed E-state index contributed by atoms with van der Waals surface area (Å²) >= 11 is 0. The Balaban J connectivity index is 1.40. The molecule has 0 atom stereocenters. The maximum absolute atomic E-state index is 13.0. The predicted molar refractivity (Wildman–Crippen MR) is 115 cm³/mol. The average Bonchev–Trinajstić information content (AvgIpc) is 3.15. The van der Waals surface area contributed by atoms with Crippen molar-refractivity contribution >= 4 is 16.9 Å². The number of hydrogen-bond donors (Lipinski definition) is 1. The summed E-state index contributed by atoms with van der Waals surface area (Å²) in [5.41, 5.74) is 4.04. The highest BCUT2D eigenvalue weighted by Crippen LogP contribution is 2.29. The van der Waals surface area contributed by atoms with Gasteiger partial charge in [-0.15, -0.1) is 0 Å². The summed E-state index contributed by atoms with van der Waals surface area (Å²) < 4.78 is 5.77. The number of aromatic nitrogens is 2. The van der Waals surface area contributed by atoms with Crippen LogP contribution in [0.4, 0.5) is 0 Å². The van der Waals surface area contributed by atoms with E-state index in [2.05, 4.69) is 44.0 Å². The van der Waals surface area contributed by atoms with Gasteiger partial charge in [-0.1, -0.05) is 26.0 Å². The van der Waals surface area contributed by atoms with Crippen LogP contribution in [0.15, 0.2) is 42.5 Å². The molecule has 2 heterocycles. The lowest BCUT2D eigenvalue weighted by Gasteiger charge is -2.31. The van der Waals surface area contributed by atoms with E-state index in [-0.39, 0.29) is 5.91 Å². The molecule has 1 aliphatic heterocycles. The average molecular weight is 392 g/mol. The van der Waals surface area contributed by atoms with Crippen LogP contribution in [0.2, 0.25) is 0 Å². The number of ether oxygens (including phenoxy) is 1. The molecule has 2 aromatic carbocycles. The quantitative estimate of drug-likeness (QED) is 0.671. The Labute approximate surface area is 172 Å². The molecule has 0 spiro atoms. The first-order valence-corrected chi connectivity index (χ1v) is 10.5. The van der Waals surface area contributed by atoms with Gasteiger partial charge in [-0.3, -0.25) is 4.79 Å². The second kappa shape index (κ2) is 8.27. The second-order valence-electron chi connectivity index (χ2n) is 8.44. The zero-order valence-corrected chi connectivity index (χ0v) is 17.4. The van der Waals surface area contributed by atoms with Gasteiger partial charge in [-0.05, 0) is 61.6 Å². The number of amides is 1. The number of fused-ring (bicyclic) bond motifs is 1. The highest BCUT2D eigenvalue weighted by atomic mass is 16.5. The van der Waals surface area contributed by atoms with Gasteiger partial charge in [0, 0.05) is 24.6 Å². The van der Waals surface area contributed by atoms with Gasteiger partial charge in [0.25, 0.3) is 5.91 Å². The van der Waals surface area contributed by atoms with Crippen LogP contribution in [0, 0.1) is 12.8 Å². The van der Waals surface area contributed by atoms with Crippen molar-refractivity contribution in [3.8, 4) is 5.75 Å². The molecule has 0 aliphatic carbocycles. The van der Waals surface area contributed by atoms with Crippen molar-refractivity contribution in [3.63, 3.8) is 0 Å². The summed E-state index contributed by atoms with van der Waals surface area (Å²) in [5, 5.41) is 0. The monoisotopic (exact) mass is 391 g/mol. The molecule has 5 nitrogen and oxygen atoms in total. The van der Waals surface area contributed by atoms with Gasteiger partial charge in [0.15, 0.2) is 0 Å². The third-order valence-corrected chi connectivity index (χ3v) is 5.49. The number of carbonyl (C=O) groups is 1. The number of piperidine rings is 1. The van der Waals surface area contributed by atoms with Crippen LogP contribution in [0.1, 0.15) is 54.4 Å². The zero-order valence-electron chi connectivity index (χ0n) is 17.4. The van der Waals surface area contributed by atoms with Gasteiger partial charge in [-0.2, -0.15) is 0 Å². The zero-order chi connectivity index (χ0) is 20.4. The summed E-state index contributed by atoms with van der Waals surface area (Å²) in [6.45, 7) is 8.46. The van der Waals surface area contributed by atoms with Crippen molar-refractivity contribution < 1.29 is 9.53 Å². The van der Waals surface area contributed by atoms with Crippen molar-refractivity contribution in [2.75, 3.05) is 19.7 Å². The molecule has 3 aromatic rings. The first kappa shape index (κ1) is 19.5. The van der Waals surface area contributed by atoms with Gasteiger partial charge < -0.3 is 14.6 Å². The Morgan fingerprint density at radius 3 is 2.76 bits per heavy atom. The minimum absolute atomic E-state index is 0.0821. The Kier molecular flexibility index (Phi) is 5.56. The molecule has 5 heteroatoms. The molecule has 1 aliphatic rings. The Morgan fingerprint density at radius 2 is 2.00 bits per heavy atom. The number of imidazole rings is 1. The fourth-order valence-corrected chi connectivity index (χ4v) is 3.86. The lowest BCUT2D eigenvalue weighted by atomic mass is 9.95. The highest BCUT2D eigenvalue weighted by molar-refractivity contribution is 5.94. The number of nitrogens with zero attached hydrogens (tertiary/aromatic N) is 2. The van der Waals surface area contributed by atoms with Crippen LogP contribution in [0.3, 0.4) is 0 Å². The first-order valence-electron chi connectivity index (χ1n) is 10.5. The molecule has 1 saturated heterocycles. The van der Waals surface area contributed by atoms with Crippen LogP contribution in [-0.4, -0.2) is 40.5 Å². The van der Waals surface area contributed by atoms with Crippen LogP contribution < -0.4 is 4.74 Å². The van der Waals surface area contributed by atoms with Crippen molar-refractivity contribution in [2.45, 2.75) is 39.5 Å². The topological polar surface area (TPSA) is 58.2 Å². The number of carbonyl (C=O) groups excluding carboxylic acids is 1. The molecule has 0 radical (unpaired) electrons. The highest BCUT2D eigenvalue weighted by Gasteiger charge is 2.26. The lowest BCUT2D eigenvalue weighted by Crippen LogP contribution is -2.38. The molecule has 1 amide bonds. The van der Waals surface area contributed by atoms with Crippen molar-refractivity contribution in [1.82, 2.24) is 14.9 Å². The van der Waals surface area contributed by atoms with Gasteiger partial charge in [0.2, 0.25) is 0 Å². The summed E-state index contributed by atoms with van der Waals surface area (Å²) in [4.78, 5) is 23.2. The maximum atomic E-state index is 13.0. The van der Waals surface area contributed by atoms with E-state index < -0.39 is 0 Å². The lowest BCUT2D eigenvalue weighted by molar-refractivity contribution is 0.0710. The molecule has 0 unspecified atom stereocenters. The molecular weight excluding hydrogens is 362 g/mol. The third kappa shape index (κ3) is 4.44. The number of aryl methyl sites for hydroxylation is 1. The Bertz CT molecular complexity index is 1000. The number of hydrogen-bond acceptors (Lipinski definition) is 3. The third-order valence-electron chi connectivity index (χ3n) is 5.49. The molecule has 1 aromatic heterocycles. The Hall–Kier alpha value is -2.82. The number of benzene rings is 2. The van der Waals surface area contributed by atoms with E-state index in [4.69, 9.17) is 9.72 Å². The van der Waals surface area contributed by atoms with E-state index in [0.29, 0.717) is 24.0 Å². The number of nitrogens with one attached hydrogen (secondary N) is 1. The van der Waals surface area contributed by atoms with E-state index in [1.165, 1.54) is 5.56 Å². The largest absolute Gasteiger partial charge is 0.493 e. The van der Waals surface area contributed by atoms with Gasteiger partial charge in [0.1, 0.15) is 11.6 Å². The Morgan fingerprint density at radius 1 is 1.21 bits per heavy atom. The van der Waals surface area contributed by atoms with Crippen molar-refractivity contribution in [3.05, 3.63) is 59.4 Å². The molecule has 1 fully saturated rings. The fourth-order valence-electron chi connectivity index (χ4n) is 3.86. The SMILES string of the molecule is Cc1ccc2nc(C3CCN(C(=O)c4cccc(OCC(C)C)c4)CC3)[nH]c2c1. The van der Waals surface area contributed by atoms with Gasteiger partial charge >= 0.3 is 0 Å². The smallest absolute Gasteiger partial charge is 0.253 e. The van der Waals surface area contributed by atoms with Crippen molar-refractivity contribution in [2.24, 2.45) is 5.92 Å². The molecule has 0 saturated carbocycles. The summed E-state index contributed by atoms with van der Waals surface area (Å²) in [6, 6.07) is 13.8. The normalized spacial score (nSPS) is 15.2. The molecule has 0 bridgehead atoms. The van der Waals surface area contributed by atoms with Crippen molar-refractivity contribution in [1.29, 1.82) is 0 Å². The van der Waals surface area contributed by atoms with Crippen LogP contribution >= 0.6 is 0 Å². The number of rotatable bonds is 5. The summed E-state index contributed by atoms with van der Waals surface area (Å²) in [7, 11) is 0. The molecule has 152 valence electrons. The first-order chi connectivity index (χ1) is 14.0. The maximum Gasteiger partial charge on any atom is 0.253 e. The second-order valence-corrected chi connectivity index (χ2v) is 8.44. The van der Waals surface area contributed by atoms with E-state index in [9.17, 15) is 4.79 Å². The fraction of sp³-hybridized carbons (Fsp3) is 0.417. The predicted octanol–water partition coefficient (Wildman–Crippen LogP) is 4.93. The summed E-state index contributed by atoms with van der Waals surface area (Å²) in [5.74, 6) is 2.71. The standard InChI is InChI=1S/C24H29N3O2/c1-16(2)15-29-20-6-4-5-19(14-20)24(28)27-11-9-18(10-12-27)23-25-21-8-7-17(3)13-22(21)26-23/h4-8,13-14,16,18H,9-12,15H2,1-3H3,(H,25,26). The van der Waals surface area contributed by atoms with E-state index in [1.807, 2.05) is 29.2 Å². The molecule has 1 N–H and O–H groups in total. The van der Waals surface area contributed by atoms with Crippen LogP contribution in [0.25, 0.3) is 11.0 Å². The van der Waals surface area contributed by atoms with Crippen LogP contribution in [0.5, 0.6) is 5.75 Å². The van der Waals surface area contributed by atoms with Gasteiger partial charge in [0.05, 0.1) is 17.6 Å². The number of likely N-dealkylation sites (tertiary alicyclic amines) is 1. The van der Waals surface area contributed by atoms with E-state index in [1.54, 1.807) is 0 Å². The minimum Gasteiger partial charge on any atom is -0.493 e.